The molecule has 0 radical (unpaired) electrons. The summed E-state index contributed by atoms with van der Waals surface area (Å²) in [6, 6.07) is 8.64. The topological polar surface area (TPSA) is 76.1 Å². The number of hydrogen-bond acceptors (Lipinski definition) is 6. The van der Waals surface area contributed by atoms with Crippen LogP contribution in [0.15, 0.2) is 23.1 Å². The van der Waals surface area contributed by atoms with Gasteiger partial charge in [-0.25, -0.2) is 4.79 Å². The van der Waals surface area contributed by atoms with Crippen LogP contribution in [0.5, 0.6) is 0 Å². The van der Waals surface area contributed by atoms with Gasteiger partial charge in [0.25, 0.3) is 0 Å². The van der Waals surface area contributed by atoms with E-state index in [-0.39, 0.29) is 0 Å². The molecule has 4 nitrogen and oxygen atoms in total. The van der Waals surface area contributed by atoms with Gasteiger partial charge in [0.2, 0.25) is 0 Å². The summed E-state index contributed by atoms with van der Waals surface area (Å²) in [6.07, 6.45) is 3.51. The van der Waals surface area contributed by atoms with Gasteiger partial charge in [-0.05, 0) is 49.4 Å². The first-order valence-electron chi connectivity index (χ1n) is 7.87. The van der Waals surface area contributed by atoms with E-state index in [1.807, 2.05) is 0 Å². The van der Waals surface area contributed by atoms with Crippen LogP contribution >= 0.6 is 23.1 Å². The number of esters is 1. The van der Waals surface area contributed by atoms with Crippen molar-refractivity contribution in [1.82, 2.24) is 0 Å². The van der Waals surface area contributed by atoms with E-state index in [1.165, 1.54) is 17.5 Å². The van der Waals surface area contributed by atoms with Gasteiger partial charge >= 0.3 is 5.97 Å². The maximum absolute atomic E-state index is 12.1. The standard InChI is InChI=1S/C18H18N2O2S2/c1-2-22-18(21)16-15(14(9-19)17(20)24-16)10-23-13-7-6-11-4-3-5-12(11)8-13/h6-8H,2-5,10,20H2,1H3. The van der Waals surface area contributed by atoms with Crippen molar-refractivity contribution < 1.29 is 9.53 Å². The number of nitrogens with zero attached hydrogens (tertiary/aromatic N) is 1. The van der Waals surface area contributed by atoms with E-state index < -0.39 is 5.97 Å². The molecule has 1 heterocycles. The van der Waals surface area contributed by atoms with Gasteiger partial charge in [0.05, 0.1) is 12.2 Å². The number of nitrogen functional groups attached to an aromatic ring is 1. The van der Waals surface area contributed by atoms with Gasteiger partial charge in [-0.2, -0.15) is 5.26 Å². The zero-order valence-corrected chi connectivity index (χ0v) is 15.1. The Hall–Kier alpha value is -1.97. The third kappa shape index (κ3) is 3.28. The van der Waals surface area contributed by atoms with Crippen LogP contribution in [-0.4, -0.2) is 12.6 Å². The lowest BCUT2D eigenvalue weighted by molar-refractivity contribution is 0.0531. The van der Waals surface area contributed by atoms with Gasteiger partial charge in [-0.15, -0.1) is 23.1 Å². The molecule has 0 saturated carbocycles. The van der Waals surface area contributed by atoms with Gasteiger partial charge in [0.15, 0.2) is 0 Å². The molecule has 0 bridgehead atoms. The molecular formula is C18H18N2O2S2. The van der Waals surface area contributed by atoms with E-state index in [4.69, 9.17) is 10.5 Å². The number of hydrogen-bond donors (Lipinski definition) is 1. The summed E-state index contributed by atoms with van der Waals surface area (Å²) < 4.78 is 5.09. The van der Waals surface area contributed by atoms with Crippen molar-refractivity contribution >= 4 is 34.1 Å². The fourth-order valence-electron chi connectivity index (χ4n) is 2.90. The van der Waals surface area contributed by atoms with Gasteiger partial charge in [0, 0.05) is 16.2 Å². The number of carbonyl (C=O) groups excluding carboxylic acids is 1. The molecule has 1 aliphatic rings. The average Bonchev–Trinajstić information content (AvgIpc) is 3.16. The molecule has 1 aromatic carbocycles. The predicted molar refractivity (Wildman–Crippen MR) is 97.4 cm³/mol. The number of thiophene rings is 1. The molecule has 2 aromatic rings. The number of nitriles is 1. The molecule has 0 saturated heterocycles. The quantitative estimate of drug-likeness (QED) is 0.641. The summed E-state index contributed by atoms with van der Waals surface area (Å²) in [5.41, 5.74) is 9.84. The Labute approximate surface area is 149 Å². The van der Waals surface area contributed by atoms with Crippen LogP contribution in [0.3, 0.4) is 0 Å². The van der Waals surface area contributed by atoms with Crippen LogP contribution < -0.4 is 5.73 Å². The molecule has 2 N–H and O–H groups in total. The first-order valence-corrected chi connectivity index (χ1v) is 9.67. The fourth-order valence-corrected chi connectivity index (χ4v) is 4.91. The van der Waals surface area contributed by atoms with Gasteiger partial charge in [-0.3, -0.25) is 0 Å². The number of ether oxygens (including phenoxy) is 1. The van der Waals surface area contributed by atoms with Crippen molar-refractivity contribution in [1.29, 1.82) is 5.26 Å². The van der Waals surface area contributed by atoms with Crippen LogP contribution in [0.4, 0.5) is 5.00 Å². The first kappa shape index (κ1) is 16.9. The van der Waals surface area contributed by atoms with Gasteiger partial charge in [0.1, 0.15) is 15.9 Å². The van der Waals surface area contributed by atoms with Crippen LogP contribution in [0, 0.1) is 11.3 Å². The summed E-state index contributed by atoms with van der Waals surface area (Å²) in [7, 11) is 0. The Morgan fingerprint density at radius 2 is 2.21 bits per heavy atom. The van der Waals surface area contributed by atoms with Crippen molar-refractivity contribution in [2.24, 2.45) is 0 Å². The zero-order valence-electron chi connectivity index (χ0n) is 13.4. The Balaban J connectivity index is 1.84. The second-order valence-electron chi connectivity index (χ2n) is 5.55. The van der Waals surface area contributed by atoms with E-state index in [9.17, 15) is 10.1 Å². The van der Waals surface area contributed by atoms with E-state index in [1.54, 1.807) is 18.7 Å². The lowest BCUT2D eigenvalue weighted by Gasteiger charge is -2.06. The monoisotopic (exact) mass is 358 g/mol. The molecule has 0 spiro atoms. The molecule has 0 unspecified atom stereocenters. The highest BCUT2D eigenvalue weighted by Crippen LogP contribution is 2.36. The first-order chi connectivity index (χ1) is 11.6. The van der Waals surface area contributed by atoms with Gasteiger partial charge < -0.3 is 10.5 Å². The average molecular weight is 358 g/mol. The van der Waals surface area contributed by atoms with Crippen molar-refractivity contribution in [2.45, 2.75) is 36.8 Å². The van der Waals surface area contributed by atoms with Crippen molar-refractivity contribution in [3.63, 3.8) is 0 Å². The number of aryl methyl sites for hydroxylation is 2. The molecule has 0 aliphatic heterocycles. The highest BCUT2D eigenvalue weighted by molar-refractivity contribution is 7.98. The number of rotatable bonds is 5. The van der Waals surface area contributed by atoms with Gasteiger partial charge in [-0.1, -0.05) is 6.07 Å². The summed E-state index contributed by atoms with van der Waals surface area (Å²) in [5, 5.41) is 9.74. The molecule has 124 valence electrons. The van der Waals surface area contributed by atoms with E-state index >= 15 is 0 Å². The normalized spacial score (nSPS) is 12.7. The minimum atomic E-state index is -0.403. The second kappa shape index (κ2) is 7.29. The molecule has 24 heavy (non-hydrogen) atoms. The second-order valence-corrected chi connectivity index (χ2v) is 7.65. The van der Waals surface area contributed by atoms with Crippen LogP contribution in [0.2, 0.25) is 0 Å². The lowest BCUT2D eigenvalue weighted by Crippen LogP contribution is -2.05. The minimum Gasteiger partial charge on any atom is -0.462 e. The largest absolute Gasteiger partial charge is 0.462 e. The van der Waals surface area contributed by atoms with Crippen LogP contribution in [0.25, 0.3) is 0 Å². The van der Waals surface area contributed by atoms with E-state index in [0.29, 0.717) is 33.4 Å². The number of carbonyl (C=O) groups is 1. The summed E-state index contributed by atoms with van der Waals surface area (Å²) in [4.78, 5) is 13.7. The number of thioether (sulfide) groups is 1. The minimum absolute atomic E-state index is 0.302. The molecule has 0 fully saturated rings. The van der Waals surface area contributed by atoms with Crippen LogP contribution in [0.1, 0.15) is 45.3 Å². The maximum Gasteiger partial charge on any atom is 0.348 e. The molecule has 1 aliphatic carbocycles. The Morgan fingerprint density at radius 3 is 2.96 bits per heavy atom. The number of nitrogens with two attached hydrogens (primary N) is 1. The van der Waals surface area contributed by atoms with Crippen LogP contribution in [-0.2, 0) is 23.3 Å². The Bertz CT molecular complexity index is 821. The summed E-state index contributed by atoms with van der Waals surface area (Å²) >= 11 is 2.76. The summed E-state index contributed by atoms with van der Waals surface area (Å²) in [6.45, 7) is 2.06. The molecular weight excluding hydrogens is 340 g/mol. The molecule has 6 heteroatoms. The van der Waals surface area contributed by atoms with Crippen molar-refractivity contribution in [3.8, 4) is 6.07 Å². The Kier molecular flexibility index (Phi) is 5.12. The molecule has 1 aromatic heterocycles. The Morgan fingerprint density at radius 1 is 1.42 bits per heavy atom. The maximum atomic E-state index is 12.1. The highest BCUT2D eigenvalue weighted by Gasteiger charge is 2.23. The van der Waals surface area contributed by atoms with E-state index in [2.05, 4.69) is 24.3 Å². The smallest absolute Gasteiger partial charge is 0.348 e. The summed E-state index contributed by atoms with van der Waals surface area (Å²) in [5.74, 6) is 0.129. The number of benzene rings is 1. The fraction of sp³-hybridized carbons (Fsp3) is 0.333. The SMILES string of the molecule is CCOC(=O)c1sc(N)c(C#N)c1CSc1ccc2c(c1)CCC2. The third-order valence-corrected chi connectivity index (χ3v) is 6.12. The zero-order chi connectivity index (χ0) is 17.1. The lowest BCUT2D eigenvalue weighted by atomic mass is 10.1. The molecule has 0 atom stereocenters. The predicted octanol–water partition coefficient (Wildman–Crippen LogP) is 4.16. The van der Waals surface area contributed by atoms with E-state index in [0.717, 1.165) is 29.1 Å². The third-order valence-electron chi connectivity index (χ3n) is 4.06. The van der Waals surface area contributed by atoms with Crippen molar-refractivity contribution in [3.05, 3.63) is 45.3 Å². The molecule has 0 amide bonds. The number of fused-ring (bicyclic) bond motifs is 1. The molecule has 3 rings (SSSR count). The van der Waals surface area contributed by atoms with Crippen molar-refractivity contribution in [2.75, 3.05) is 12.3 Å². The number of anilines is 1. The highest BCUT2D eigenvalue weighted by atomic mass is 32.2.